The number of benzene rings is 1. The van der Waals surface area contributed by atoms with E-state index in [1.165, 1.54) is 25.7 Å². The summed E-state index contributed by atoms with van der Waals surface area (Å²) in [4.78, 5) is 0. The van der Waals surface area contributed by atoms with Crippen LogP contribution in [0.25, 0.3) is 0 Å². The summed E-state index contributed by atoms with van der Waals surface area (Å²) in [5, 5.41) is 1.25. The average Bonchev–Trinajstić information content (AvgIpc) is 2.43. The minimum Gasteiger partial charge on any atom is -0.492 e. The highest BCUT2D eigenvalue weighted by Crippen LogP contribution is 2.40. The molecule has 0 aliphatic heterocycles. The zero-order chi connectivity index (χ0) is 14.7. The van der Waals surface area contributed by atoms with Crippen LogP contribution in [0.15, 0.2) is 12.1 Å². The van der Waals surface area contributed by atoms with Gasteiger partial charge in [0.1, 0.15) is 5.75 Å². The number of hydrogen-bond donors (Lipinski definition) is 1. The molecule has 1 saturated carbocycles. The standard InChI is InChI=1S/C16H23Cl2NO/c1-3-20-15-9-13(17)12(8-14(15)18)16(19)11-6-4-10(2)5-7-11/h8-11,16H,3-7,19H2,1-2H3. The minimum absolute atomic E-state index is 0.0387. The highest BCUT2D eigenvalue weighted by atomic mass is 35.5. The Hall–Kier alpha value is -0.440. The Morgan fingerprint density at radius 2 is 1.85 bits per heavy atom. The first-order valence-electron chi connectivity index (χ1n) is 7.40. The summed E-state index contributed by atoms with van der Waals surface area (Å²) >= 11 is 12.6. The van der Waals surface area contributed by atoms with E-state index in [0.717, 1.165) is 11.5 Å². The molecular weight excluding hydrogens is 293 g/mol. The lowest BCUT2D eigenvalue weighted by Crippen LogP contribution is -2.25. The molecule has 1 fully saturated rings. The van der Waals surface area contributed by atoms with Crippen molar-refractivity contribution in [1.82, 2.24) is 0 Å². The number of hydrogen-bond acceptors (Lipinski definition) is 2. The van der Waals surface area contributed by atoms with Crippen LogP contribution in [0.1, 0.15) is 51.1 Å². The van der Waals surface area contributed by atoms with Gasteiger partial charge in [0.2, 0.25) is 0 Å². The molecule has 0 aromatic heterocycles. The Morgan fingerprint density at radius 1 is 1.20 bits per heavy atom. The molecule has 1 aliphatic carbocycles. The zero-order valence-corrected chi connectivity index (χ0v) is 13.7. The first kappa shape index (κ1) is 15.9. The van der Waals surface area contributed by atoms with Crippen LogP contribution in [-0.4, -0.2) is 6.61 Å². The lowest BCUT2D eigenvalue weighted by atomic mass is 9.77. The van der Waals surface area contributed by atoms with E-state index in [2.05, 4.69) is 6.92 Å². The summed E-state index contributed by atoms with van der Waals surface area (Å²) in [6.45, 7) is 4.80. The SMILES string of the molecule is CCOc1cc(Cl)c(C(N)C2CCC(C)CC2)cc1Cl. The maximum atomic E-state index is 6.43. The molecule has 2 rings (SSSR count). The van der Waals surface area contributed by atoms with Crippen LogP contribution in [0.5, 0.6) is 5.75 Å². The molecule has 4 heteroatoms. The molecule has 0 saturated heterocycles. The second kappa shape index (κ2) is 7.02. The Morgan fingerprint density at radius 3 is 2.45 bits per heavy atom. The van der Waals surface area contributed by atoms with Crippen molar-refractivity contribution in [2.24, 2.45) is 17.6 Å². The van der Waals surface area contributed by atoms with E-state index >= 15 is 0 Å². The van der Waals surface area contributed by atoms with E-state index in [1.54, 1.807) is 6.07 Å². The fraction of sp³-hybridized carbons (Fsp3) is 0.625. The predicted molar refractivity (Wildman–Crippen MR) is 85.7 cm³/mol. The fourth-order valence-corrected chi connectivity index (χ4v) is 3.47. The maximum absolute atomic E-state index is 6.43. The summed E-state index contributed by atoms with van der Waals surface area (Å²) < 4.78 is 5.45. The number of halogens is 2. The van der Waals surface area contributed by atoms with Crippen molar-refractivity contribution in [3.63, 3.8) is 0 Å². The number of rotatable bonds is 4. The van der Waals surface area contributed by atoms with Crippen LogP contribution in [0.2, 0.25) is 10.0 Å². The van der Waals surface area contributed by atoms with Crippen molar-refractivity contribution < 1.29 is 4.74 Å². The second-order valence-corrected chi connectivity index (χ2v) is 6.60. The molecule has 112 valence electrons. The van der Waals surface area contributed by atoms with Crippen LogP contribution in [0.3, 0.4) is 0 Å². The lowest BCUT2D eigenvalue weighted by Gasteiger charge is -2.31. The molecule has 1 atom stereocenters. The van der Waals surface area contributed by atoms with Gasteiger partial charge in [0.15, 0.2) is 0 Å². The van der Waals surface area contributed by atoms with Crippen LogP contribution in [-0.2, 0) is 0 Å². The summed E-state index contributed by atoms with van der Waals surface area (Å²) in [5.41, 5.74) is 7.37. The van der Waals surface area contributed by atoms with Crippen molar-refractivity contribution in [3.05, 3.63) is 27.7 Å². The zero-order valence-electron chi connectivity index (χ0n) is 12.2. The van der Waals surface area contributed by atoms with Crippen molar-refractivity contribution in [2.75, 3.05) is 6.61 Å². The van der Waals surface area contributed by atoms with Crippen molar-refractivity contribution in [1.29, 1.82) is 0 Å². The van der Waals surface area contributed by atoms with Gasteiger partial charge in [-0.2, -0.15) is 0 Å². The molecule has 1 aromatic carbocycles. The van der Waals surface area contributed by atoms with E-state index < -0.39 is 0 Å². The Kier molecular flexibility index (Phi) is 5.59. The first-order chi connectivity index (χ1) is 9.52. The first-order valence-corrected chi connectivity index (χ1v) is 8.15. The lowest BCUT2D eigenvalue weighted by molar-refractivity contribution is 0.256. The molecule has 0 bridgehead atoms. The van der Waals surface area contributed by atoms with Crippen LogP contribution >= 0.6 is 23.2 Å². The molecule has 0 spiro atoms. The van der Waals surface area contributed by atoms with Gasteiger partial charge in [0.05, 0.1) is 11.6 Å². The third kappa shape index (κ3) is 3.60. The van der Waals surface area contributed by atoms with Gasteiger partial charge in [0, 0.05) is 17.1 Å². The van der Waals surface area contributed by atoms with Gasteiger partial charge in [-0.15, -0.1) is 0 Å². The molecule has 20 heavy (non-hydrogen) atoms. The van der Waals surface area contributed by atoms with E-state index in [-0.39, 0.29) is 6.04 Å². The van der Waals surface area contributed by atoms with Crippen molar-refractivity contribution in [3.8, 4) is 5.75 Å². The number of nitrogens with two attached hydrogens (primary N) is 1. The van der Waals surface area contributed by atoms with Crippen LogP contribution in [0.4, 0.5) is 0 Å². The quantitative estimate of drug-likeness (QED) is 0.826. The van der Waals surface area contributed by atoms with Gasteiger partial charge in [-0.1, -0.05) is 43.0 Å². The van der Waals surface area contributed by atoms with Gasteiger partial charge >= 0.3 is 0 Å². The molecule has 1 aromatic rings. The highest BCUT2D eigenvalue weighted by molar-refractivity contribution is 6.34. The largest absolute Gasteiger partial charge is 0.492 e. The summed E-state index contributed by atoms with van der Waals surface area (Å²) in [7, 11) is 0. The van der Waals surface area contributed by atoms with Gasteiger partial charge in [-0.25, -0.2) is 0 Å². The monoisotopic (exact) mass is 315 g/mol. The topological polar surface area (TPSA) is 35.2 Å². The Labute approximate surface area is 131 Å². The molecule has 1 aliphatic rings. The van der Waals surface area contributed by atoms with Crippen LogP contribution in [0, 0.1) is 11.8 Å². The molecular formula is C16H23Cl2NO. The second-order valence-electron chi connectivity index (χ2n) is 5.78. The predicted octanol–water partition coefficient (Wildman–Crippen LogP) is 5.22. The normalized spacial score (nSPS) is 24.4. The Balaban J connectivity index is 2.17. The van der Waals surface area contributed by atoms with Gasteiger partial charge in [-0.3, -0.25) is 0 Å². The van der Waals surface area contributed by atoms with Gasteiger partial charge in [0.25, 0.3) is 0 Å². The van der Waals surface area contributed by atoms with Gasteiger partial charge in [-0.05, 0) is 43.2 Å². The van der Waals surface area contributed by atoms with E-state index in [0.29, 0.717) is 28.3 Å². The molecule has 0 radical (unpaired) electrons. The fourth-order valence-electron chi connectivity index (χ4n) is 2.96. The molecule has 2 nitrogen and oxygen atoms in total. The van der Waals surface area contributed by atoms with E-state index in [4.69, 9.17) is 33.7 Å². The van der Waals surface area contributed by atoms with Gasteiger partial charge < -0.3 is 10.5 Å². The minimum atomic E-state index is -0.0387. The highest BCUT2D eigenvalue weighted by Gasteiger charge is 2.26. The summed E-state index contributed by atoms with van der Waals surface area (Å²) in [6.07, 6.45) is 4.84. The maximum Gasteiger partial charge on any atom is 0.139 e. The third-order valence-electron chi connectivity index (χ3n) is 4.28. The molecule has 0 amide bonds. The van der Waals surface area contributed by atoms with Crippen LogP contribution < -0.4 is 10.5 Å². The summed E-state index contributed by atoms with van der Waals surface area (Å²) in [5.74, 6) is 1.95. The van der Waals surface area contributed by atoms with E-state index in [1.807, 2.05) is 13.0 Å². The Bertz CT molecular complexity index is 456. The number of ether oxygens (including phenoxy) is 1. The summed E-state index contributed by atoms with van der Waals surface area (Å²) in [6, 6.07) is 3.62. The molecule has 0 heterocycles. The van der Waals surface area contributed by atoms with Crippen molar-refractivity contribution >= 4 is 23.2 Å². The smallest absolute Gasteiger partial charge is 0.139 e. The molecule has 2 N–H and O–H groups in total. The average molecular weight is 316 g/mol. The van der Waals surface area contributed by atoms with E-state index in [9.17, 15) is 0 Å². The third-order valence-corrected chi connectivity index (χ3v) is 4.90. The molecule has 1 unspecified atom stereocenters. The van der Waals surface area contributed by atoms with Crippen molar-refractivity contribution in [2.45, 2.75) is 45.6 Å².